The first-order chi connectivity index (χ1) is 14.5. The van der Waals surface area contributed by atoms with Crippen molar-refractivity contribution in [2.75, 3.05) is 13.1 Å². The fraction of sp³-hybridized carbons (Fsp3) is 0.182. The summed E-state index contributed by atoms with van der Waals surface area (Å²) in [5, 5.41) is -0.0320. The third kappa shape index (κ3) is 4.46. The van der Waals surface area contributed by atoms with Crippen LogP contribution in [0.5, 0.6) is 11.8 Å². The number of aromatic nitrogens is 3. The van der Waals surface area contributed by atoms with E-state index in [1.54, 1.807) is 23.5 Å². The van der Waals surface area contributed by atoms with E-state index in [-0.39, 0.29) is 16.9 Å². The van der Waals surface area contributed by atoms with Gasteiger partial charge in [0.05, 0.1) is 5.02 Å². The van der Waals surface area contributed by atoms with Crippen LogP contribution in [-0.2, 0) is 11.2 Å². The molecule has 0 bridgehead atoms. The third-order valence-electron chi connectivity index (χ3n) is 4.82. The molecule has 0 spiro atoms. The molecule has 0 atom stereocenters. The molecule has 0 unspecified atom stereocenters. The van der Waals surface area contributed by atoms with Crippen LogP contribution in [0.3, 0.4) is 0 Å². The number of benzene rings is 1. The number of hydrogen-bond donors (Lipinski definition) is 0. The Morgan fingerprint density at radius 1 is 1.20 bits per heavy atom. The largest absolute Gasteiger partial charge is 0.424 e. The Morgan fingerprint density at radius 3 is 2.67 bits per heavy atom. The normalized spacial score (nSPS) is 13.6. The van der Waals surface area contributed by atoms with Crippen LogP contribution in [0.15, 0.2) is 61.7 Å². The summed E-state index contributed by atoms with van der Waals surface area (Å²) in [7, 11) is 0. The van der Waals surface area contributed by atoms with E-state index < -0.39 is 5.82 Å². The molecule has 0 aliphatic carbocycles. The quantitative estimate of drug-likeness (QED) is 0.551. The molecule has 1 amide bonds. The van der Waals surface area contributed by atoms with Crippen molar-refractivity contribution in [2.24, 2.45) is 5.92 Å². The Morgan fingerprint density at radius 2 is 1.97 bits per heavy atom. The van der Waals surface area contributed by atoms with Crippen molar-refractivity contribution in [3.05, 3.63) is 78.1 Å². The number of amides is 1. The molecule has 2 aromatic heterocycles. The van der Waals surface area contributed by atoms with Crippen molar-refractivity contribution in [2.45, 2.75) is 6.42 Å². The van der Waals surface area contributed by atoms with E-state index in [1.807, 2.05) is 12.3 Å². The Bertz CT molecular complexity index is 1080. The zero-order valence-corrected chi connectivity index (χ0v) is 16.7. The summed E-state index contributed by atoms with van der Waals surface area (Å²) < 4.78 is 18.8. The molecule has 1 fully saturated rings. The number of pyridine rings is 1. The van der Waals surface area contributed by atoms with Gasteiger partial charge in [0.25, 0.3) is 0 Å². The third-order valence-corrected chi connectivity index (χ3v) is 5.11. The summed E-state index contributed by atoms with van der Waals surface area (Å²) in [6, 6.07) is 6.22. The average molecular weight is 425 g/mol. The summed E-state index contributed by atoms with van der Waals surface area (Å²) in [5.74, 6) is 0.220. The fourth-order valence-electron chi connectivity index (χ4n) is 3.26. The van der Waals surface area contributed by atoms with E-state index >= 15 is 0 Å². The van der Waals surface area contributed by atoms with Gasteiger partial charge in [0.15, 0.2) is 0 Å². The highest BCUT2D eigenvalue weighted by Crippen LogP contribution is 2.26. The molecule has 1 aliphatic heterocycles. The van der Waals surface area contributed by atoms with Gasteiger partial charge in [0.1, 0.15) is 11.6 Å². The summed E-state index contributed by atoms with van der Waals surface area (Å²) in [5.41, 5.74) is 2.78. The average Bonchev–Trinajstić information content (AvgIpc) is 2.73. The minimum Gasteiger partial charge on any atom is -0.424 e. The molecule has 1 aliphatic rings. The highest BCUT2D eigenvalue weighted by atomic mass is 35.5. The van der Waals surface area contributed by atoms with Crippen LogP contribution < -0.4 is 4.74 Å². The maximum absolute atomic E-state index is 13.2. The van der Waals surface area contributed by atoms with Crippen molar-refractivity contribution >= 4 is 17.5 Å². The minimum atomic E-state index is -0.519. The van der Waals surface area contributed by atoms with Gasteiger partial charge in [-0.05, 0) is 42.2 Å². The number of carbonyl (C=O) groups is 1. The molecule has 30 heavy (non-hydrogen) atoms. The van der Waals surface area contributed by atoms with E-state index in [0.29, 0.717) is 11.7 Å². The lowest BCUT2D eigenvalue weighted by Crippen LogP contribution is -2.50. The van der Waals surface area contributed by atoms with E-state index in [2.05, 4.69) is 21.5 Å². The van der Waals surface area contributed by atoms with Gasteiger partial charge in [-0.2, -0.15) is 0 Å². The van der Waals surface area contributed by atoms with Gasteiger partial charge in [0.2, 0.25) is 5.91 Å². The Balaban J connectivity index is 1.40. The van der Waals surface area contributed by atoms with E-state index in [9.17, 15) is 9.18 Å². The highest BCUT2D eigenvalue weighted by molar-refractivity contribution is 6.30. The minimum absolute atomic E-state index is 0.0273. The zero-order valence-electron chi connectivity index (χ0n) is 16.0. The zero-order chi connectivity index (χ0) is 21.1. The summed E-state index contributed by atoms with van der Waals surface area (Å²) in [6.45, 7) is 4.98. The molecular weight excluding hydrogens is 407 g/mol. The summed E-state index contributed by atoms with van der Waals surface area (Å²) >= 11 is 5.76. The maximum Gasteiger partial charge on any atom is 0.321 e. The number of carbonyl (C=O) groups excluding carboxylic acids is 1. The first-order valence-electron chi connectivity index (χ1n) is 9.32. The van der Waals surface area contributed by atoms with E-state index in [0.717, 1.165) is 36.2 Å². The molecule has 1 aromatic carbocycles. The lowest BCUT2D eigenvalue weighted by molar-refractivity contribution is -0.132. The second kappa shape index (κ2) is 8.59. The lowest BCUT2D eigenvalue weighted by Gasteiger charge is -2.38. The first kappa shape index (κ1) is 20.0. The van der Waals surface area contributed by atoms with Gasteiger partial charge >= 0.3 is 6.01 Å². The molecule has 3 aromatic rings. The summed E-state index contributed by atoms with van der Waals surface area (Å²) in [4.78, 5) is 26.1. The lowest BCUT2D eigenvalue weighted by atomic mass is 9.92. The topological polar surface area (TPSA) is 68.2 Å². The SMILES string of the molecule is C=CC(=O)N1CC(Cc2cncc(-c3cnc(Oc4ccc(F)c(Cl)c4)nc3)c2)C1. The summed E-state index contributed by atoms with van der Waals surface area (Å²) in [6.07, 6.45) is 9.05. The Labute approximate surface area is 178 Å². The molecule has 8 heteroatoms. The van der Waals surface area contributed by atoms with Crippen molar-refractivity contribution in [3.8, 4) is 22.9 Å². The van der Waals surface area contributed by atoms with Gasteiger partial charge < -0.3 is 9.64 Å². The number of hydrogen-bond acceptors (Lipinski definition) is 5. The van der Waals surface area contributed by atoms with Crippen LogP contribution >= 0.6 is 11.6 Å². The van der Waals surface area contributed by atoms with Crippen molar-refractivity contribution in [1.29, 1.82) is 0 Å². The number of nitrogens with zero attached hydrogens (tertiary/aromatic N) is 4. The molecule has 3 heterocycles. The highest BCUT2D eigenvalue weighted by Gasteiger charge is 2.29. The fourth-order valence-corrected chi connectivity index (χ4v) is 3.43. The smallest absolute Gasteiger partial charge is 0.321 e. The van der Waals surface area contributed by atoms with Crippen LogP contribution in [0, 0.1) is 11.7 Å². The van der Waals surface area contributed by atoms with Crippen molar-refractivity contribution < 1.29 is 13.9 Å². The number of likely N-dealkylation sites (tertiary alicyclic amines) is 1. The number of rotatable bonds is 6. The predicted octanol–water partition coefficient (Wildman–Crippen LogP) is 4.31. The van der Waals surface area contributed by atoms with Crippen LogP contribution in [0.4, 0.5) is 4.39 Å². The molecule has 0 radical (unpaired) electrons. The molecule has 0 N–H and O–H groups in total. The van der Waals surface area contributed by atoms with Crippen molar-refractivity contribution in [3.63, 3.8) is 0 Å². The van der Waals surface area contributed by atoms with E-state index in [1.165, 1.54) is 24.3 Å². The molecule has 1 saturated heterocycles. The Hall–Kier alpha value is -3.32. The van der Waals surface area contributed by atoms with Crippen LogP contribution in [0.1, 0.15) is 5.56 Å². The van der Waals surface area contributed by atoms with Gasteiger partial charge in [-0.1, -0.05) is 18.2 Å². The molecule has 4 rings (SSSR count). The van der Waals surface area contributed by atoms with E-state index in [4.69, 9.17) is 16.3 Å². The predicted molar refractivity (Wildman–Crippen MR) is 111 cm³/mol. The second-order valence-electron chi connectivity index (χ2n) is 7.03. The number of ether oxygens (including phenoxy) is 1. The standard InChI is InChI=1S/C22H18ClFN4O2/c1-2-21(29)28-12-15(13-28)5-14-6-16(9-25-8-14)17-10-26-22(27-11-17)30-18-3-4-20(24)19(23)7-18/h2-4,6-11,15H,1,5,12-13H2. The van der Waals surface area contributed by atoms with Crippen LogP contribution in [-0.4, -0.2) is 38.8 Å². The monoisotopic (exact) mass is 424 g/mol. The molecule has 6 nitrogen and oxygen atoms in total. The number of halogens is 2. The first-order valence-corrected chi connectivity index (χ1v) is 9.70. The van der Waals surface area contributed by atoms with Gasteiger partial charge in [0, 0.05) is 55.1 Å². The van der Waals surface area contributed by atoms with Gasteiger partial charge in [-0.15, -0.1) is 0 Å². The van der Waals surface area contributed by atoms with Gasteiger partial charge in [-0.3, -0.25) is 9.78 Å². The van der Waals surface area contributed by atoms with Gasteiger partial charge in [-0.25, -0.2) is 14.4 Å². The van der Waals surface area contributed by atoms with Crippen LogP contribution in [0.2, 0.25) is 5.02 Å². The molecular formula is C22H18ClFN4O2. The van der Waals surface area contributed by atoms with Crippen molar-refractivity contribution in [1.82, 2.24) is 19.9 Å². The van der Waals surface area contributed by atoms with Crippen LogP contribution in [0.25, 0.3) is 11.1 Å². The molecule has 152 valence electrons. The second-order valence-corrected chi connectivity index (χ2v) is 7.44. The molecule has 0 saturated carbocycles. The maximum atomic E-state index is 13.2. The Kier molecular flexibility index (Phi) is 5.72.